The number of carbonyl (C=O) groups is 1. The van der Waals surface area contributed by atoms with Crippen LogP contribution in [0.3, 0.4) is 0 Å². The van der Waals surface area contributed by atoms with E-state index in [1.54, 1.807) is 0 Å². The van der Waals surface area contributed by atoms with Crippen LogP contribution in [0.25, 0.3) is 0 Å². The summed E-state index contributed by atoms with van der Waals surface area (Å²) in [4.78, 5) is 12.8. The Hall–Kier alpha value is -1.61. The van der Waals surface area contributed by atoms with Gasteiger partial charge < -0.3 is 5.32 Å². The normalized spacial score (nSPS) is 17.8. The highest BCUT2D eigenvalue weighted by Gasteiger charge is 2.23. The summed E-state index contributed by atoms with van der Waals surface area (Å²) in [7, 11) is 0. The number of hydrogen-bond acceptors (Lipinski definition) is 2. The molecule has 17 heavy (non-hydrogen) atoms. The van der Waals surface area contributed by atoms with Crippen LogP contribution in [0.15, 0.2) is 41.8 Å². The van der Waals surface area contributed by atoms with Gasteiger partial charge >= 0.3 is 0 Å². The Kier molecular flexibility index (Phi) is 2.69. The summed E-state index contributed by atoms with van der Waals surface area (Å²) in [5.74, 6) is 0.0432. The minimum absolute atomic E-state index is 0.0432. The van der Waals surface area contributed by atoms with Gasteiger partial charge in [0, 0.05) is 0 Å². The third kappa shape index (κ3) is 1.98. The van der Waals surface area contributed by atoms with Gasteiger partial charge in [0.2, 0.25) is 0 Å². The number of amides is 1. The predicted molar refractivity (Wildman–Crippen MR) is 69.3 cm³/mol. The second-order valence-corrected chi connectivity index (χ2v) is 5.19. The Morgan fingerprint density at radius 2 is 2.12 bits per heavy atom. The van der Waals surface area contributed by atoms with Crippen molar-refractivity contribution in [3.8, 4) is 0 Å². The van der Waals surface area contributed by atoms with Crippen molar-refractivity contribution >= 4 is 17.2 Å². The summed E-state index contributed by atoms with van der Waals surface area (Å²) < 4.78 is 0. The molecule has 1 heterocycles. The maximum absolute atomic E-state index is 12.0. The maximum atomic E-state index is 12.0. The second-order valence-electron chi connectivity index (χ2n) is 4.24. The third-order valence-corrected chi connectivity index (χ3v) is 4.05. The fourth-order valence-corrected chi connectivity index (χ4v) is 2.97. The summed E-state index contributed by atoms with van der Waals surface area (Å²) in [5, 5.41) is 5.04. The molecule has 86 valence electrons. The molecule has 0 bridgehead atoms. The second kappa shape index (κ2) is 4.34. The van der Waals surface area contributed by atoms with Gasteiger partial charge in [-0.1, -0.05) is 30.3 Å². The van der Waals surface area contributed by atoms with E-state index in [4.69, 9.17) is 0 Å². The largest absolute Gasteiger partial charge is 0.345 e. The molecule has 1 aromatic heterocycles. The van der Waals surface area contributed by atoms with Crippen molar-refractivity contribution in [2.24, 2.45) is 0 Å². The van der Waals surface area contributed by atoms with Gasteiger partial charge in [-0.2, -0.15) is 0 Å². The SMILES string of the molecule is O=C(N[C@H]1CCc2ccccc21)c1cccs1. The van der Waals surface area contributed by atoms with E-state index in [2.05, 4.69) is 23.5 Å². The van der Waals surface area contributed by atoms with Gasteiger partial charge in [-0.3, -0.25) is 4.79 Å². The molecule has 0 saturated heterocycles. The molecule has 3 rings (SSSR count). The van der Waals surface area contributed by atoms with E-state index in [1.807, 2.05) is 23.6 Å². The zero-order chi connectivity index (χ0) is 11.7. The van der Waals surface area contributed by atoms with Gasteiger partial charge in [0.05, 0.1) is 10.9 Å². The van der Waals surface area contributed by atoms with Gasteiger partial charge in [-0.05, 0) is 35.4 Å². The highest BCUT2D eigenvalue weighted by Crippen LogP contribution is 2.31. The lowest BCUT2D eigenvalue weighted by molar-refractivity contribution is 0.0941. The van der Waals surface area contributed by atoms with Gasteiger partial charge in [-0.15, -0.1) is 11.3 Å². The van der Waals surface area contributed by atoms with Crippen molar-refractivity contribution in [1.29, 1.82) is 0 Å². The van der Waals surface area contributed by atoms with Crippen LogP contribution in [0.1, 0.15) is 33.3 Å². The lowest BCUT2D eigenvalue weighted by Crippen LogP contribution is -2.26. The average Bonchev–Trinajstić information content (AvgIpc) is 2.98. The van der Waals surface area contributed by atoms with E-state index in [0.29, 0.717) is 0 Å². The van der Waals surface area contributed by atoms with Crippen LogP contribution in [0.5, 0.6) is 0 Å². The average molecular weight is 243 g/mol. The molecule has 0 unspecified atom stereocenters. The summed E-state index contributed by atoms with van der Waals surface area (Å²) in [6.45, 7) is 0. The van der Waals surface area contributed by atoms with E-state index < -0.39 is 0 Å². The molecular weight excluding hydrogens is 230 g/mol. The number of aryl methyl sites for hydroxylation is 1. The Bertz CT molecular complexity index is 533. The zero-order valence-electron chi connectivity index (χ0n) is 9.35. The quantitative estimate of drug-likeness (QED) is 0.862. The Morgan fingerprint density at radius 3 is 2.94 bits per heavy atom. The topological polar surface area (TPSA) is 29.1 Å². The van der Waals surface area contributed by atoms with Crippen molar-refractivity contribution in [1.82, 2.24) is 5.32 Å². The molecule has 0 fully saturated rings. The van der Waals surface area contributed by atoms with Gasteiger partial charge in [0.15, 0.2) is 0 Å². The van der Waals surface area contributed by atoms with Crippen molar-refractivity contribution in [2.45, 2.75) is 18.9 Å². The lowest BCUT2D eigenvalue weighted by Gasteiger charge is -2.13. The van der Waals surface area contributed by atoms with E-state index in [1.165, 1.54) is 22.5 Å². The Labute approximate surface area is 104 Å². The van der Waals surface area contributed by atoms with Crippen LogP contribution < -0.4 is 5.32 Å². The van der Waals surface area contributed by atoms with Crippen LogP contribution in [-0.2, 0) is 6.42 Å². The number of rotatable bonds is 2. The van der Waals surface area contributed by atoms with E-state index in [-0.39, 0.29) is 11.9 Å². The standard InChI is InChI=1S/C14H13NOS/c16-14(13-6-3-9-17-13)15-12-8-7-10-4-1-2-5-11(10)12/h1-6,9,12H,7-8H2,(H,15,16)/t12-/m0/s1. The minimum atomic E-state index is 0.0432. The molecule has 1 N–H and O–H groups in total. The fraction of sp³-hybridized carbons (Fsp3) is 0.214. The molecule has 1 atom stereocenters. The molecule has 1 aliphatic carbocycles. The predicted octanol–water partition coefficient (Wildman–Crippen LogP) is 3.17. The van der Waals surface area contributed by atoms with Crippen LogP contribution in [0.2, 0.25) is 0 Å². The molecule has 1 amide bonds. The first-order valence-corrected chi connectivity index (χ1v) is 6.65. The molecule has 1 aliphatic rings. The number of fused-ring (bicyclic) bond motifs is 1. The summed E-state index contributed by atoms with van der Waals surface area (Å²) in [6.07, 6.45) is 2.07. The van der Waals surface area contributed by atoms with E-state index >= 15 is 0 Å². The minimum Gasteiger partial charge on any atom is -0.345 e. The first-order valence-electron chi connectivity index (χ1n) is 5.77. The summed E-state index contributed by atoms with van der Waals surface area (Å²) in [6, 6.07) is 12.3. The lowest BCUT2D eigenvalue weighted by atomic mass is 10.1. The molecule has 3 heteroatoms. The molecule has 0 radical (unpaired) electrons. The van der Waals surface area contributed by atoms with Crippen molar-refractivity contribution < 1.29 is 4.79 Å². The van der Waals surface area contributed by atoms with Crippen LogP contribution in [0.4, 0.5) is 0 Å². The fourth-order valence-electron chi connectivity index (χ4n) is 2.34. The summed E-state index contributed by atoms with van der Waals surface area (Å²) >= 11 is 1.48. The number of benzene rings is 1. The zero-order valence-corrected chi connectivity index (χ0v) is 10.2. The number of hydrogen-bond donors (Lipinski definition) is 1. The van der Waals surface area contributed by atoms with Crippen molar-refractivity contribution in [3.05, 3.63) is 57.8 Å². The maximum Gasteiger partial charge on any atom is 0.261 e. The number of thiophene rings is 1. The van der Waals surface area contributed by atoms with Crippen molar-refractivity contribution in [2.75, 3.05) is 0 Å². The van der Waals surface area contributed by atoms with Crippen LogP contribution in [0, 0.1) is 0 Å². The molecule has 0 aliphatic heterocycles. The van der Waals surface area contributed by atoms with Gasteiger partial charge in [0.25, 0.3) is 5.91 Å². The molecule has 2 nitrogen and oxygen atoms in total. The molecule has 1 aromatic carbocycles. The molecule has 2 aromatic rings. The van der Waals surface area contributed by atoms with Gasteiger partial charge in [-0.25, -0.2) is 0 Å². The number of nitrogens with one attached hydrogen (secondary N) is 1. The van der Waals surface area contributed by atoms with Crippen molar-refractivity contribution in [3.63, 3.8) is 0 Å². The highest BCUT2D eigenvalue weighted by molar-refractivity contribution is 7.12. The van der Waals surface area contributed by atoms with E-state index in [9.17, 15) is 4.79 Å². The smallest absolute Gasteiger partial charge is 0.261 e. The monoisotopic (exact) mass is 243 g/mol. The van der Waals surface area contributed by atoms with E-state index in [0.717, 1.165) is 17.7 Å². The number of carbonyl (C=O) groups excluding carboxylic acids is 1. The molecule has 0 saturated carbocycles. The van der Waals surface area contributed by atoms with Crippen LogP contribution >= 0.6 is 11.3 Å². The first-order chi connectivity index (χ1) is 8.34. The van der Waals surface area contributed by atoms with Gasteiger partial charge in [0.1, 0.15) is 0 Å². The summed E-state index contributed by atoms with van der Waals surface area (Å²) in [5.41, 5.74) is 2.64. The Morgan fingerprint density at radius 1 is 1.24 bits per heavy atom. The van der Waals surface area contributed by atoms with Crippen LogP contribution in [-0.4, -0.2) is 5.91 Å². The Balaban J connectivity index is 1.78. The highest BCUT2D eigenvalue weighted by atomic mass is 32.1. The third-order valence-electron chi connectivity index (χ3n) is 3.18. The molecular formula is C14H13NOS. The first kappa shape index (κ1) is 10.5. The molecule has 0 spiro atoms.